The summed E-state index contributed by atoms with van der Waals surface area (Å²) in [4.78, 5) is 13.8. The number of carbonyl (C=O) groups excluding carboxylic acids is 1. The molecule has 1 amide bonds. The molecule has 2 fully saturated rings. The van der Waals surface area contributed by atoms with E-state index in [1.807, 2.05) is 25.7 Å². The standard InChI is InChI=1S/C11H19NO2/c1-10(2,3)9(13)12-6-11(7-12)4-5-14-8-11/h4-8H2,1-3H3. The highest BCUT2D eigenvalue weighted by Gasteiger charge is 2.49. The van der Waals surface area contributed by atoms with Gasteiger partial charge in [0.1, 0.15) is 0 Å². The number of amides is 1. The number of hydrogen-bond donors (Lipinski definition) is 0. The van der Waals surface area contributed by atoms with Crippen LogP contribution in [0.15, 0.2) is 0 Å². The van der Waals surface area contributed by atoms with E-state index >= 15 is 0 Å². The maximum absolute atomic E-state index is 11.9. The van der Waals surface area contributed by atoms with Crippen LogP contribution in [0.2, 0.25) is 0 Å². The van der Waals surface area contributed by atoms with Gasteiger partial charge in [-0.1, -0.05) is 20.8 Å². The lowest BCUT2D eigenvalue weighted by atomic mass is 9.77. The van der Waals surface area contributed by atoms with Gasteiger partial charge in [0.25, 0.3) is 0 Å². The van der Waals surface area contributed by atoms with Crippen LogP contribution in [0, 0.1) is 10.8 Å². The number of hydrogen-bond acceptors (Lipinski definition) is 2. The van der Waals surface area contributed by atoms with Crippen molar-refractivity contribution in [2.24, 2.45) is 10.8 Å². The second-order valence-electron chi connectivity index (χ2n) is 5.71. The highest BCUT2D eigenvalue weighted by molar-refractivity contribution is 5.82. The van der Waals surface area contributed by atoms with E-state index < -0.39 is 0 Å². The van der Waals surface area contributed by atoms with Gasteiger partial charge in [0.05, 0.1) is 6.61 Å². The van der Waals surface area contributed by atoms with Crippen molar-refractivity contribution >= 4 is 5.91 Å². The second kappa shape index (κ2) is 2.96. The minimum absolute atomic E-state index is 0.235. The fraction of sp³-hybridized carbons (Fsp3) is 0.909. The van der Waals surface area contributed by atoms with Crippen LogP contribution in [-0.4, -0.2) is 37.1 Å². The van der Waals surface area contributed by atoms with E-state index in [2.05, 4.69) is 0 Å². The Morgan fingerprint density at radius 2 is 2.00 bits per heavy atom. The third kappa shape index (κ3) is 1.54. The summed E-state index contributed by atoms with van der Waals surface area (Å²) in [6, 6.07) is 0. The first kappa shape index (κ1) is 9.97. The molecule has 3 nitrogen and oxygen atoms in total. The molecule has 2 rings (SSSR count). The lowest BCUT2D eigenvalue weighted by Crippen LogP contribution is -2.61. The van der Waals surface area contributed by atoms with Gasteiger partial charge in [0.2, 0.25) is 5.91 Å². The Hall–Kier alpha value is -0.570. The minimum atomic E-state index is -0.235. The summed E-state index contributed by atoms with van der Waals surface area (Å²) >= 11 is 0. The first-order valence-corrected chi connectivity index (χ1v) is 5.30. The van der Waals surface area contributed by atoms with Gasteiger partial charge in [-0.25, -0.2) is 0 Å². The molecule has 0 bridgehead atoms. The summed E-state index contributed by atoms with van der Waals surface area (Å²) in [6.07, 6.45) is 1.13. The van der Waals surface area contributed by atoms with E-state index in [4.69, 9.17) is 4.74 Å². The van der Waals surface area contributed by atoms with Crippen LogP contribution >= 0.6 is 0 Å². The lowest BCUT2D eigenvalue weighted by molar-refractivity contribution is -0.152. The molecule has 3 heteroatoms. The van der Waals surface area contributed by atoms with Gasteiger partial charge in [-0.15, -0.1) is 0 Å². The number of rotatable bonds is 0. The molecule has 2 aliphatic heterocycles. The summed E-state index contributed by atoms with van der Waals surface area (Å²) in [5.74, 6) is 0.273. The molecule has 2 saturated heterocycles. The molecule has 1 spiro atoms. The van der Waals surface area contributed by atoms with Gasteiger partial charge in [-0.3, -0.25) is 4.79 Å². The molecule has 80 valence electrons. The number of ether oxygens (including phenoxy) is 1. The van der Waals surface area contributed by atoms with Gasteiger partial charge in [-0.05, 0) is 6.42 Å². The number of carbonyl (C=O) groups is 1. The van der Waals surface area contributed by atoms with E-state index in [0.717, 1.165) is 32.7 Å². The molecule has 0 saturated carbocycles. The highest BCUT2D eigenvalue weighted by atomic mass is 16.5. The topological polar surface area (TPSA) is 29.5 Å². The SMILES string of the molecule is CC(C)(C)C(=O)N1CC2(CCOC2)C1. The summed E-state index contributed by atoms with van der Waals surface area (Å²) < 4.78 is 5.38. The normalized spacial score (nSPS) is 25.2. The van der Waals surface area contributed by atoms with Crippen LogP contribution in [0.25, 0.3) is 0 Å². The largest absolute Gasteiger partial charge is 0.381 e. The zero-order valence-electron chi connectivity index (χ0n) is 9.30. The third-order valence-corrected chi connectivity index (χ3v) is 3.17. The van der Waals surface area contributed by atoms with Crippen molar-refractivity contribution in [1.82, 2.24) is 4.90 Å². The molecule has 0 aromatic heterocycles. The predicted octanol–water partition coefficient (Wildman–Crippen LogP) is 1.28. The van der Waals surface area contributed by atoms with Crippen molar-refractivity contribution < 1.29 is 9.53 Å². The summed E-state index contributed by atoms with van der Waals surface area (Å²) in [7, 11) is 0. The molecule has 0 radical (unpaired) electrons. The van der Waals surface area contributed by atoms with Crippen molar-refractivity contribution in [2.45, 2.75) is 27.2 Å². The van der Waals surface area contributed by atoms with Gasteiger partial charge in [0.15, 0.2) is 0 Å². The van der Waals surface area contributed by atoms with E-state index in [1.165, 1.54) is 0 Å². The van der Waals surface area contributed by atoms with Crippen molar-refractivity contribution in [3.8, 4) is 0 Å². The zero-order valence-corrected chi connectivity index (χ0v) is 9.30. The van der Waals surface area contributed by atoms with Crippen LogP contribution < -0.4 is 0 Å². The maximum atomic E-state index is 11.9. The molecule has 2 heterocycles. The monoisotopic (exact) mass is 197 g/mol. The molecular weight excluding hydrogens is 178 g/mol. The molecule has 0 N–H and O–H groups in total. The van der Waals surface area contributed by atoms with Crippen LogP contribution in [-0.2, 0) is 9.53 Å². The Bertz CT molecular complexity index is 241. The molecule has 0 atom stereocenters. The van der Waals surface area contributed by atoms with Crippen molar-refractivity contribution in [3.63, 3.8) is 0 Å². The first-order valence-electron chi connectivity index (χ1n) is 5.30. The molecule has 0 aliphatic carbocycles. The van der Waals surface area contributed by atoms with Crippen molar-refractivity contribution in [3.05, 3.63) is 0 Å². The average molecular weight is 197 g/mol. The fourth-order valence-electron chi connectivity index (χ4n) is 2.28. The third-order valence-electron chi connectivity index (χ3n) is 3.17. The Morgan fingerprint density at radius 3 is 2.43 bits per heavy atom. The lowest BCUT2D eigenvalue weighted by Gasteiger charge is -2.49. The van der Waals surface area contributed by atoms with Crippen LogP contribution in [0.3, 0.4) is 0 Å². The van der Waals surface area contributed by atoms with Gasteiger partial charge < -0.3 is 9.64 Å². The molecular formula is C11H19NO2. The quantitative estimate of drug-likeness (QED) is 0.585. The molecule has 0 unspecified atom stereocenters. The van der Waals surface area contributed by atoms with Crippen molar-refractivity contribution in [1.29, 1.82) is 0 Å². The summed E-state index contributed by atoms with van der Waals surface area (Å²) in [6.45, 7) is 9.47. The van der Waals surface area contributed by atoms with Gasteiger partial charge in [0, 0.05) is 30.5 Å². The van der Waals surface area contributed by atoms with Crippen LogP contribution in [0.5, 0.6) is 0 Å². The van der Waals surface area contributed by atoms with Crippen molar-refractivity contribution in [2.75, 3.05) is 26.3 Å². The summed E-state index contributed by atoms with van der Waals surface area (Å²) in [5.41, 5.74) is 0.0853. The molecule has 2 aliphatic rings. The summed E-state index contributed by atoms with van der Waals surface area (Å²) in [5, 5.41) is 0. The molecule has 14 heavy (non-hydrogen) atoms. The Kier molecular flexibility index (Phi) is 2.11. The van der Waals surface area contributed by atoms with E-state index in [9.17, 15) is 4.79 Å². The van der Waals surface area contributed by atoms with Crippen LogP contribution in [0.1, 0.15) is 27.2 Å². The second-order valence-corrected chi connectivity index (χ2v) is 5.71. The van der Waals surface area contributed by atoms with E-state index in [-0.39, 0.29) is 11.3 Å². The molecule has 0 aromatic carbocycles. The number of likely N-dealkylation sites (tertiary alicyclic amines) is 1. The Labute approximate surface area is 85.4 Å². The first-order chi connectivity index (χ1) is 6.43. The maximum Gasteiger partial charge on any atom is 0.227 e. The van der Waals surface area contributed by atoms with Gasteiger partial charge >= 0.3 is 0 Å². The van der Waals surface area contributed by atoms with Crippen LogP contribution in [0.4, 0.5) is 0 Å². The predicted molar refractivity (Wildman–Crippen MR) is 53.9 cm³/mol. The minimum Gasteiger partial charge on any atom is -0.381 e. The Balaban J connectivity index is 1.91. The highest BCUT2D eigenvalue weighted by Crippen LogP contribution is 2.39. The number of nitrogens with zero attached hydrogens (tertiary/aromatic N) is 1. The molecule has 0 aromatic rings. The fourth-order valence-corrected chi connectivity index (χ4v) is 2.28. The smallest absolute Gasteiger partial charge is 0.227 e. The van der Waals surface area contributed by atoms with E-state index in [1.54, 1.807) is 0 Å². The van der Waals surface area contributed by atoms with E-state index in [0.29, 0.717) is 5.41 Å². The van der Waals surface area contributed by atoms with Gasteiger partial charge in [-0.2, -0.15) is 0 Å². The average Bonchev–Trinajstić information content (AvgIpc) is 2.46. The Morgan fingerprint density at radius 1 is 1.36 bits per heavy atom. The zero-order chi connectivity index (χ0) is 10.4.